The third-order valence-electron chi connectivity index (χ3n) is 5.10. The van der Waals surface area contributed by atoms with Crippen LogP contribution in [0.5, 0.6) is 5.75 Å². The van der Waals surface area contributed by atoms with Gasteiger partial charge >= 0.3 is 5.97 Å². The molecule has 0 heterocycles. The Morgan fingerprint density at radius 2 is 1.66 bits per heavy atom. The fourth-order valence-corrected chi connectivity index (χ4v) is 3.38. The quantitative estimate of drug-likeness (QED) is 0.100. The molecule has 0 aliphatic rings. The van der Waals surface area contributed by atoms with Gasteiger partial charge in [0, 0.05) is 23.2 Å². The number of nitro groups is 1. The second-order valence-corrected chi connectivity index (χ2v) is 7.42. The van der Waals surface area contributed by atoms with E-state index < -0.39 is 16.8 Å². The van der Waals surface area contributed by atoms with Gasteiger partial charge in [-0.05, 0) is 41.3 Å². The van der Waals surface area contributed by atoms with Crippen molar-refractivity contribution in [2.45, 2.75) is 0 Å². The molecule has 1 N–H and O–H groups in total. The molecule has 0 atom stereocenters. The average molecular weight is 463 g/mol. The van der Waals surface area contributed by atoms with Gasteiger partial charge in [0.15, 0.2) is 0 Å². The Bertz CT molecular complexity index is 1510. The standard InChI is InChI=1S/C27H17N3O5/c28-17-21(26(31)29-25-10-4-6-19-5-1-2-9-24(19)25)15-18-11-13-23(14-12-18)35-27(32)20-7-3-8-22(16-20)30(33)34/h1-16H,(H,29,31)/b21-15+. The molecule has 0 unspecified atom stereocenters. The minimum Gasteiger partial charge on any atom is -0.423 e. The molecule has 35 heavy (non-hydrogen) atoms. The molecule has 4 aromatic rings. The molecule has 1 amide bonds. The van der Waals surface area contributed by atoms with E-state index in [1.165, 1.54) is 36.4 Å². The average Bonchev–Trinajstić information content (AvgIpc) is 2.88. The molecule has 0 radical (unpaired) electrons. The highest BCUT2D eigenvalue weighted by Crippen LogP contribution is 2.24. The highest BCUT2D eigenvalue weighted by Gasteiger charge is 2.14. The molecular formula is C27H17N3O5. The first-order valence-electron chi connectivity index (χ1n) is 10.4. The predicted octanol–water partition coefficient (Wildman–Crippen LogP) is 5.51. The van der Waals surface area contributed by atoms with Crippen molar-refractivity contribution in [3.63, 3.8) is 0 Å². The number of hydrogen-bond donors (Lipinski definition) is 1. The lowest BCUT2D eigenvalue weighted by atomic mass is 10.1. The van der Waals surface area contributed by atoms with Crippen LogP contribution in [0.3, 0.4) is 0 Å². The first-order valence-corrected chi connectivity index (χ1v) is 10.4. The Labute approximate surface area is 199 Å². The monoisotopic (exact) mass is 463 g/mol. The van der Waals surface area contributed by atoms with Crippen molar-refractivity contribution in [1.29, 1.82) is 5.26 Å². The number of benzene rings is 4. The molecule has 0 aliphatic heterocycles. The van der Waals surface area contributed by atoms with E-state index in [0.29, 0.717) is 11.3 Å². The highest BCUT2D eigenvalue weighted by atomic mass is 16.6. The molecule has 8 heteroatoms. The van der Waals surface area contributed by atoms with Crippen LogP contribution in [0.4, 0.5) is 11.4 Å². The van der Waals surface area contributed by atoms with Crippen LogP contribution in [-0.2, 0) is 4.79 Å². The van der Waals surface area contributed by atoms with E-state index in [0.717, 1.165) is 16.8 Å². The zero-order valence-corrected chi connectivity index (χ0v) is 18.2. The summed E-state index contributed by atoms with van der Waals surface area (Å²) in [5.74, 6) is -1.09. The third-order valence-corrected chi connectivity index (χ3v) is 5.10. The van der Waals surface area contributed by atoms with Gasteiger partial charge in [-0.25, -0.2) is 4.79 Å². The maximum atomic E-state index is 12.7. The van der Waals surface area contributed by atoms with Crippen molar-refractivity contribution in [2.75, 3.05) is 5.32 Å². The molecule has 8 nitrogen and oxygen atoms in total. The first kappa shape index (κ1) is 22.9. The molecule has 0 bridgehead atoms. The summed E-state index contributed by atoms with van der Waals surface area (Å²) in [6.07, 6.45) is 1.42. The lowest BCUT2D eigenvalue weighted by molar-refractivity contribution is -0.384. The minimum atomic E-state index is -0.746. The number of nitriles is 1. The number of non-ortho nitro benzene ring substituents is 1. The second kappa shape index (κ2) is 10.1. The van der Waals surface area contributed by atoms with Crippen LogP contribution < -0.4 is 10.1 Å². The summed E-state index contributed by atoms with van der Waals surface area (Å²) >= 11 is 0. The van der Waals surface area contributed by atoms with Crippen LogP contribution in [-0.4, -0.2) is 16.8 Å². The van der Waals surface area contributed by atoms with Crippen LogP contribution in [0.25, 0.3) is 16.8 Å². The maximum absolute atomic E-state index is 12.7. The van der Waals surface area contributed by atoms with Gasteiger partial charge in [0.2, 0.25) is 0 Å². The summed E-state index contributed by atoms with van der Waals surface area (Å²) in [6, 6.07) is 26.4. The molecule has 0 aliphatic carbocycles. The number of anilines is 1. The molecule has 4 aromatic carbocycles. The number of hydrogen-bond acceptors (Lipinski definition) is 6. The Morgan fingerprint density at radius 1 is 0.943 bits per heavy atom. The van der Waals surface area contributed by atoms with E-state index in [9.17, 15) is 25.0 Å². The Morgan fingerprint density at radius 3 is 2.40 bits per heavy atom. The lowest BCUT2D eigenvalue weighted by Crippen LogP contribution is -2.13. The van der Waals surface area contributed by atoms with Crippen LogP contribution in [0.2, 0.25) is 0 Å². The van der Waals surface area contributed by atoms with Crippen molar-refractivity contribution in [3.05, 3.63) is 118 Å². The molecule has 0 fully saturated rings. The Balaban J connectivity index is 1.47. The lowest BCUT2D eigenvalue weighted by Gasteiger charge is -2.08. The summed E-state index contributed by atoms with van der Waals surface area (Å²) < 4.78 is 5.26. The van der Waals surface area contributed by atoms with Crippen LogP contribution in [0, 0.1) is 21.4 Å². The summed E-state index contributed by atoms with van der Waals surface area (Å²) in [4.78, 5) is 35.3. The summed E-state index contributed by atoms with van der Waals surface area (Å²) in [5.41, 5.74) is 0.868. The number of esters is 1. The van der Waals surface area contributed by atoms with Crippen LogP contribution in [0.15, 0.2) is 96.6 Å². The Kier molecular flexibility index (Phi) is 6.61. The Hall–Kier alpha value is -5.29. The van der Waals surface area contributed by atoms with E-state index in [2.05, 4.69) is 5.32 Å². The van der Waals surface area contributed by atoms with E-state index in [4.69, 9.17) is 4.74 Å². The molecule has 0 saturated heterocycles. The number of nitrogens with one attached hydrogen (secondary N) is 1. The zero-order valence-electron chi connectivity index (χ0n) is 18.2. The molecule has 0 spiro atoms. The fourth-order valence-electron chi connectivity index (χ4n) is 3.38. The number of carbonyl (C=O) groups excluding carboxylic acids is 2. The number of carbonyl (C=O) groups is 2. The smallest absolute Gasteiger partial charge is 0.343 e. The molecule has 170 valence electrons. The van der Waals surface area contributed by atoms with Crippen molar-refractivity contribution in [1.82, 2.24) is 0 Å². The minimum absolute atomic E-state index is 0.0417. The van der Waals surface area contributed by atoms with E-state index in [1.54, 1.807) is 18.2 Å². The molecule has 0 aromatic heterocycles. The SMILES string of the molecule is N#C/C(=C\c1ccc(OC(=O)c2cccc([N+](=O)[O-])c2)cc1)C(=O)Nc1cccc2ccccc12. The van der Waals surface area contributed by atoms with Crippen molar-refractivity contribution in [3.8, 4) is 11.8 Å². The third kappa shape index (κ3) is 5.38. The van der Waals surface area contributed by atoms with E-state index in [1.807, 2.05) is 42.5 Å². The number of fused-ring (bicyclic) bond motifs is 1. The summed E-state index contributed by atoms with van der Waals surface area (Å²) in [6.45, 7) is 0. The van der Waals surface area contributed by atoms with Crippen molar-refractivity contribution in [2.24, 2.45) is 0 Å². The maximum Gasteiger partial charge on any atom is 0.343 e. The number of ether oxygens (including phenoxy) is 1. The normalized spacial score (nSPS) is 10.9. The van der Waals surface area contributed by atoms with Crippen LogP contribution in [0.1, 0.15) is 15.9 Å². The van der Waals surface area contributed by atoms with E-state index in [-0.39, 0.29) is 22.6 Å². The van der Waals surface area contributed by atoms with Gasteiger partial charge in [-0.1, -0.05) is 54.6 Å². The van der Waals surface area contributed by atoms with Gasteiger partial charge in [-0.15, -0.1) is 0 Å². The summed E-state index contributed by atoms with van der Waals surface area (Å²) in [5, 5.41) is 25.0. The van der Waals surface area contributed by atoms with Gasteiger partial charge in [0.1, 0.15) is 17.4 Å². The predicted molar refractivity (Wildman–Crippen MR) is 131 cm³/mol. The van der Waals surface area contributed by atoms with E-state index >= 15 is 0 Å². The van der Waals surface area contributed by atoms with Crippen molar-refractivity contribution < 1.29 is 19.2 Å². The number of amides is 1. The molecule has 4 rings (SSSR count). The van der Waals surface area contributed by atoms with Crippen molar-refractivity contribution >= 4 is 40.1 Å². The molecular weight excluding hydrogens is 446 g/mol. The largest absolute Gasteiger partial charge is 0.423 e. The topological polar surface area (TPSA) is 122 Å². The van der Waals surface area contributed by atoms with Gasteiger partial charge in [-0.2, -0.15) is 5.26 Å². The van der Waals surface area contributed by atoms with Gasteiger partial charge in [0.25, 0.3) is 11.6 Å². The van der Waals surface area contributed by atoms with Gasteiger partial charge in [-0.3, -0.25) is 14.9 Å². The number of nitrogens with zero attached hydrogens (tertiary/aromatic N) is 2. The summed E-state index contributed by atoms with van der Waals surface area (Å²) in [7, 11) is 0. The fraction of sp³-hybridized carbons (Fsp3) is 0. The van der Waals surface area contributed by atoms with Gasteiger partial charge < -0.3 is 10.1 Å². The highest BCUT2D eigenvalue weighted by molar-refractivity contribution is 6.12. The number of rotatable bonds is 6. The first-order chi connectivity index (χ1) is 16.9. The zero-order chi connectivity index (χ0) is 24.8. The number of nitro benzene ring substituents is 1. The van der Waals surface area contributed by atoms with Gasteiger partial charge in [0.05, 0.1) is 10.5 Å². The second-order valence-electron chi connectivity index (χ2n) is 7.42. The van der Waals surface area contributed by atoms with Crippen LogP contribution >= 0.6 is 0 Å². The molecule has 0 saturated carbocycles.